The van der Waals surface area contributed by atoms with Gasteiger partial charge in [0, 0.05) is 32.0 Å². The molecular weight excluding hydrogens is 458 g/mol. The number of halogens is 3. The first-order valence-electron chi connectivity index (χ1n) is 9.98. The van der Waals surface area contributed by atoms with Gasteiger partial charge in [0.1, 0.15) is 5.69 Å². The molecule has 1 amide bonds. The zero-order valence-corrected chi connectivity index (χ0v) is 22.4. The average Bonchev–Trinajstić information content (AvgIpc) is 2.68. The maximum absolute atomic E-state index is 12.9. The number of carbonyl (C=O) groups excluding carboxylic acids is 1. The van der Waals surface area contributed by atoms with E-state index in [0.29, 0.717) is 5.69 Å². The van der Waals surface area contributed by atoms with Crippen molar-refractivity contribution < 1.29 is 73.8 Å². The summed E-state index contributed by atoms with van der Waals surface area (Å²) in [5.74, 6) is -0.535. The van der Waals surface area contributed by atoms with E-state index in [-0.39, 0.29) is 68.6 Å². The second-order valence-corrected chi connectivity index (χ2v) is 8.29. The average molecular weight is 484 g/mol. The number of quaternary nitrogens is 1. The van der Waals surface area contributed by atoms with Crippen molar-refractivity contribution in [1.29, 1.82) is 0 Å². The van der Waals surface area contributed by atoms with Crippen molar-refractivity contribution in [2.45, 2.75) is 26.1 Å². The van der Waals surface area contributed by atoms with Crippen molar-refractivity contribution >= 4 is 17.3 Å². The number of amides is 1. The molecule has 2 aromatic rings. The minimum absolute atomic E-state index is 0. The largest absolute Gasteiger partial charge is 1.00 e. The summed E-state index contributed by atoms with van der Waals surface area (Å²) in [5.41, 5.74) is 1.37. The van der Waals surface area contributed by atoms with Gasteiger partial charge in [-0.2, -0.15) is 19.7 Å². The van der Waals surface area contributed by atoms with E-state index in [1.807, 2.05) is 13.0 Å². The fraction of sp³-hybridized carbons (Fsp3) is 0.304. The third-order valence-corrected chi connectivity index (χ3v) is 4.92. The van der Waals surface area contributed by atoms with Crippen molar-refractivity contribution in [3.63, 3.8) is 0 Å². The Morgan fingerprint density at radius 1 is 1.33 bits per heavy atom. The van der Waals surface area contributed by atoms with Gasteiger partial charge in [0.15, 0.2) is 0 Å². The maximum Gasteiger partial charge on any atom is 1.00 e. The molecule has 1 unspecified atom stereocenters. The minimum Gasteiger partial charge on any atom is -0.560 e. The van der Waals surface area contributed by atoms with Crippen molar-refractivity contribution in [2.75, 3.05) is 26.0 Å². The van der Waals surface area contributed by atoms with Crippen LogP contribution < -0.4 is 62.0 Å². The van der Waals surface area contributed by atoms with E-state index in [1.165, 1.54) is 13.0 Å². The van der Waals surface area contributed by atoms with Crippen LogP contribution in [0.3, 0.4) is 0 Å². The van der Waals surface area contributed by atoms with Crippen LogP contribution in [0.2, 0.25) is 0 Å². The summed E-state index contributed by atoms with van der Waals surface area (Å²) in [6, 6.07) is 8.25. The van der Waals surface area contributed by atoms with Gasteiger partial charge in [-0.1, -0.05) is 12.1 Å². The molecule has 10 heteroatoms. The van der Waals surface area contributed by atoms with E-state index in [2.05, 4.69) is 47.5 Å². The number of aryl methyl sites for hydroxylation is 1. The van der Waals surface area contributed by atoms with E-state index in [9.17, 15) is 18.0 Å². The van der Waals surface area contributed by atoms with Gasteiger partial charge in [0.2, 0.25) is 0 Å². The predicted octanol–water partition coefficient (Wildman–Crippen LogP) is 1.28. The number of nitrogens with one attached hydrogen (secondary N) is 2. The third-order valence-electron chi connectivity index (χ3n) is 4.92. The molecule has 0 saturated carbocycles. The third kappa shape index (κ3) is 7.66. The number of likely N-dealkylation sites (tertiary alicyclic amines) is 1. The fourth-order valence-electron chi connectivity index (χ4n) is 3.31. The Morgan fingerprint density at radius 3 is 2.64 bits per heavy atom. The molecule has 0 bridgehead atoms. The second kappa shape index (κ2) is 11.2. The number of anilines is 1. The number of carbonyl (C=O) groups is 1. The smallest absolute Gasteiger partial charge is 0.560 e. The first kappa shape index (κ1) is 27.6. The number of benzene rings is 1. The minimum atomic E-state index is -4.56. The molecule has 1 aromatic carbocycles. The standard InChI is InChI=1S/C23H25F3N5O.K/c1-15-10-18(12-29-21(15)23(24,25)26)22(32)30-19-7-5-6-17(11-19)16(2)27-8-9-28-20-13-31(3,4)14-20;/h5-7,9-13,16,27H,14H2,1-4H3,(H,30,32);/q-1;+1. The Morgan fingerprint density at radius 2 is 2.03 bits per heavy atom. The molecule has 33 heavy (non-hydrogen) atoms. The van der Waals surface area contributed by atoms with Crippen LogP contribution >= 0.6 is 0 Å². The quantitative estimate of drug-likeness (QED) is 0.282. The molecule has 2 heterocycles. The normalized spacial score (nSPS) is 17.0. The Hall–Kier alpha value is -1.69. The summed E-state index contributed by atoms with van der Waals surface area (Å²) in [7, 11) is 4.18. The first-order chi connectivity index (χ1) is 14.9. The van der Waals surface area contributed by atoms with Crippen molar-refractivity contribution in [1.82, 2.24) is 10.3 Å². The van der Waals surface area contributed by atoms with Crippen LogP contribution in [0.15, 0.2) is 47.7 Å². The molecule has 3 rings (SSSR count). The molecule has 0 spiro atoms. The first-order valence-corrected chi connectivity index (χ1v) is 9.98. The summed E-state index contributed by atoms with van der Waals surface area (Å²) < 4.78 is 39.4. The summed E-state index contributed by atoms with van der Waals surface area (Å²) in [6.45, 7) is 6.15. The predicted molar refractivity (Wildman–Crippen MR) is 116 cm³/mol. The monoisotopic (exact) mass is 483 g/mol. The molecule has 2 N–H and O–H groups in total. The zero-order valence-electron chi connectivity index (χ0n) is 19.3. The Balaban J connectivity index is 0.00000385. The van der Waals surface area contributed by atoms with E-state index < -0.39 is 17.8 Å². The number of rotatable bonds is 6. The molecule has 1 aliphatic rings. The van der Waals surface area contributed by atoms with Crippen molar-refractivity contribution in [2.24, 2.45) is 4.99 Å². The van der Waals surface area contributed by atoms with E-state index in [0.717, 1.165) is 28.5 Å². The second-order valence-electron chi connectivity index (χ2n) is 8.29. The molecule has 6 nitrogen and oxygen atoms in total. The number of aromatic nitrogens is 1. The van der Waals surface area contributed by atoms with Gasteiger partial charge in [-0.05, 0) is 48.9 Å². The van der Waals surface area contributed by atoms with Crippen LogP contribution in [0.5, 0.6) is 0 Å². The molecular formula is C23H25F3KN5O. The Kier molecular flexibility index (Phi) is 9.31. The number of nitrogens with zero attached hydrogens (tertiary/aromatic N) is 3. The Bertz CT molecular complexity index is 1060. The number of aliphatic imine (C=N–C) groups is 1. The molecule has 0 radical (unpaired) electrons. The fourth-order valence-corrected chi connectivity index (χ4v) is 3.31. The number of alkyl halides is 3. The molecule has 1 aliphatic heterocycles. The number of hydrogen-bond donors (Lipinski definition) is 2. The molecule has 1 fully saturated rings. The molecule has 1 saturated heterocycles. The van der Waals surface area contributed by atoms with Gasteiger partial charge in [0.05, 0.1) is 12.1 Å². The zero-order chi connectivity index (χ0) is 23.5. The van der Waals surface area contributed by atoms with Gasteiger partial charge in [-0.15, -0.1) is 6.20 Å². The van der Waals surface area contributed by atoms with E-state index in [4.69, 9.17) is 0 Å². The van der Waals surface area contributed by atoms with Gasteiger partial charge in [0.25, 0.3) is 5.91 Å². The van der Waals surface area contributed by atoms with Crippen LogP contribution in [0.1, 0.15) is 40.1 Å². The van der Waals surface area contributed by atoms with Gasteiger partial charge < -0.3 is 26.3 Å². The van der Waals surface area contributed by atoms with E-state index >= 15 is 0 Å². The summed E-state index contributed by atoms with van der Waals surface area (Å²) >= 11 is 0. The van der Waals surface area contributed by atoms with E-state index in [1.54, 1.807) is 24.4 Å². The maximum atomic E-state index is 12.9. The summed E-state index contributed by atoms with van der Waals surface area (Å²) in [6.07, 6.45) is 0.908. The van der Waals surface area contributed by atoms with Crippen LogP contribution in [-0.2, 0) is 6.18 Å². The SMILES string of the molecule is Cc1cc(C(=O)Nc2cccc(C(C)N[C-]=CN=C3[CH-][N+](C)(C)C3)c2)cnc1C(F)(F)F.[K+]. The van der Waals surface area contributed by atoms with Gasteiger partial charge >= 0.3 is 57.6 Å². The number of pyridine rings is 1. The van der Waals surface area contributed by atoms with Gasteiger partial charge in [-0.25, -0.2) is 0 Å². The van der Waals surface area contributed by atoms with Crippen molar-refractivity contribution in [3.05, 3.63) is 77.9 Å². The molecule has 1 aromatic heterocycles. The Labute approximate surface area is 234 Å². The molecule has 170 valence electrons. The summed E-state index contributed by atoms with van der Waals surface area (Å²) in [4.78, 5) is 20.2. The molecule has 0 aliphatic carbocycles. The van der Waals surface area contributed by atoms with Crippen LogP contribution in [0.4, 0.5) is 18.9 Å². The topological polar surface area (TPSA) is 66.4 Å². The van der Waals surface area contributed by atoms with Gasteiger partial charge in [-0.3, -0.25) is 9.78 Å². The van der Waals surface area contributed by atoms with Crippen molar-refractivity contribution in [3.8, 4) is 0 Å². The summed E-state index contributed by atoms with van der Waals surface area (Å²) in [5, 5.41) is 5.80. The number of hydrogen-bond acceptors (Lipinski definition) is 4. The van der Waals surface area contributed by atoms with Crippen LogP contribution in [0.25, 0.3) is 0 Å². The molecule has 1 atom stereocenters. The van der Waals surface area contributed by atoms with Crippen LogP contribution in [0, 0.1) is 19.7 Å². The van der Waals surface area contributed by atoms with Crippen LogP contribution in [-0.4, -0.2) is 41.7 Å².